The third kappa shape index (κ3) is 2.16. The molecule has 0 aliphatic heterocycles. The molecule has 1 aliphatic rings. The Labute approximate surface area is 111 Å². The quantitative estimate of drug-likeness (QED) is 0.916. The fourth-order valence-corrected chi connectivity index (χ4v) is 2.44. The van der Waals surface area contributed by atoms with Gasteiger partial charge in [-0.1, -0.05) is 18.9 Å². The maximum absolute atomic E-state index is 11.7. The highest BCUT2D eigenvalue weighted by Crippen LogP contribution is 2.34. The van der Waals surface area contributed by atoms with Gasteiger partial charge >= 0.3 is 6.03 Å². The second-order valence-electron chi connectivity index (χ2n) is 5.01. The maximum atomic E-state index is 11.7. The van der Waals surface area contributed by atoms with Gasteiger partial charge in [0.2, 0.25) is 0 Å². The summed E-state index contributed by atoms with van der Waals surface area (Å²) < 4.78 is 6.79. The lowest BCUT2D eigenvalue weighted by Crippen LogP contribution is -2.21. The number of nitrogens with two attached hydrogens (primary N) is 1. The molecule has 3 rings (SSSR count). The van der Waals surface area contributed by atoms with Crippen molar-refractivity contribution in [3.8, 4) is 5.75 Å². The number of primary amides is 1. The second-order valence-corrected chi connectivity index (χ2v) is 5.01. The number of hydrogen-bond acceptors (Lipinski definition) is 3. The number of imidazole rings is 1. The number of hydrogen-bond donors (Lipinski definition) is 1. The number of nitrogens with zero attached hydrogens (tertiary/aromatic N) is 2. The number of rotatable bonds is 4. The summed E-state index contributed by atoms with van der Waals surface area (Å²) in [5, 5.41) is 0. The van der Waals surface area contributed by atoms with Crippen LogP contribution in [0.1, 0.15) is 25.1 Å². The SMILES string of the molecule is COc1cccc2c1nc(CCC1CC1)n2C(N)=O. The van der Waals surface area contributed by atoms with Gasteiger partial charge in [-0.2, -0.15) is 0 Å². The Bertz CT molecular complexity index is 629. The van der Waals surface area contributed by atoms with Crippen molar-refractivity contribution in [1.29, 1.82) is 0 Å². The highest BCUT2D eigenvalue weighted by molar-refractivity contribution is 5.92. The summed E-state index contributed by atoms with van der Waals surface area (Å²) in [6.07, 6.45) is 4.44. The van der Waals surface area contributed by atoms with E-state index in [1.807, 2.05) is 18.2 Å². The molecule has 0 spiro atoms. The first-order valence-electron chi connectivity index (χ1n) is 6.55. The number of fused-ring (bicyclic) bond motifs is 1. The summed E-state index contributed by atoms with van der Waals surface area (Å²) in [4.78, 5) is 16.2. The van der Waals surface area contributed by atoms with E-state index in [0.29, 0.717) is 11.3 Å². The molecule has 2 N–H and O–H groups in total. The van der Waals surface area contributed by atoms with Crippen LogP contribution in [0.15, 0.2) is 18.2 Å². The number of carbonyl (C=O) groups is 1. The lowest BCUT2D eigenvalue weighted by molar-refractivity contribution is 0.250. The molecule has 100 valence electrons. The zero-order chi connectivity index (χ0) is 13.4. The first-order valence-corrected chi connectivity index (χ1v) is 6.55. The molecule has 1 aromatic heterocycles. The predicted octanol–water partition coefficient (Wildman–Crippen LogP) is 2.31. The summed E-state index contributed by atoms with van der Waals surface area (Å²) in [6.45, 7) is 0. The molecule has 0 unspecified atom stereocenters. The molecule has 19 heavy (non-hydrogen) atoms. The van der Waals surface area contributed by atoms with E-state index in [1.54, 1.807) is 7.11 Å². The van der Waals surface area contributed by atoms with Crippen molar-refractivity contribution in [3.63, 3.8) is 0 Å². The minimum Gasteiger partial charge on any atom is -0.494 e. The number of para-hydroxylation sites is 1. The van der Waals surface area contributed by atoms with Gasteiger partial charge < -0.3 is 10.5 Å². The number of amides is 1. The van der Waals surface area contributed by atoms with E-state index < -0.39 is 6.03 Å². The van der Waals surface area contributed by atoms with Crippen molar-refractivity contribution in [1.82, 2.24) is 9.55 Å². The number of benzene rings is 1. The molecule has 0 saturated heterocycles. The van der Waals surface area contributed by atoms with Crippen molar-refractivity contribution in [2.75, 3.05) is 7.11 Å². The van der Waals surface area contributed by atoms with E-state index in [-0.39, 0.29) is 0 Å². The van der Waals surface area contributed by atoms with Crippen LogP contribution in [-0.4, -0.2) is 22.7 Å². The van der Waals surface area contributed by atoms with Crippen molar-refractivity contribution in [2.24, 2.45) is 11.7 Å². The topological polar surface area (TPSA) is 70.1 Å². The Morgan fingerprint density at radius 2 is 2.32 bits per heavy atom. The molecule has 1 saturated carbocycles. The fraction of sp³-hybridized carbons (Fsp3) is 0.429. The summed E-state index contributed by atoms with van der Waals surface area (Å²) in [7, 11) is 1.60. The molecule has 0 bridgehead atoms. The number of methoxy groups -OCH3 is 1. The van der Waals surface area contributed by atoms with Crippen LogP contribution in [0.2, 0.25) is 0 Å². The highest BCUT2D eigenvalue weighted by atomic mass is 16.5. The van der Waals surface area contributed by atoms with Crippen LogP contribution in [0.3, 0.4) is 0 Å². The van der Waals surface area contributed by atoms with Crippen molar-refractivity contribution >= 4 is 17.1 Å². The molecule has 5 heteroatoms. The van der Waals surface area contributed by atoms with Crippen molar-refractivity contribution in [3.05, 3.63) is 24.0 Å². The maximum Gasteiger partial charge on any atom is 0.324 e. The van der Waals surface area contributed by atoms with Crippen LogP contribution in [-0.2, 0) is 6.42 Å². The Balaban J connectivity index is 2.07. The molecule has 1 aliphatic carbocycles. The lowest BCUT2D eigenvalue weighted by atomic mass is 10.2. The number of aryl methyl sites for hydroxylation is 1. The summed E-state index contributed by atoms with van der Waals surface area (Å²) >= 11 is 0. The highest BCUT2D eigenvalue weighted by Gasteiger charge is 2.23. The van der Waals surface area contributed by atoms with Gasteiger partial charge in [-0.15, -0.1) is 0 Å². The van der Waals surface area contributed by atoms with Gasteiger partial charge in [-0.3, -0.25) is 0 Å². The van der Waals surface area contributed by atoms with Gasteiger partial charge in [0.15, 0.2) is 0 Å². The first kappa shape index (κ1) is 12.0. The zero-order valence-corrected chi connectivity index (χ0v) is 10.9. The minimum atomic E-state index is -0.485. The van der Waals surface area contributed by atoms with Crippen molar-refractivity contribution in [2.45, 2.75) is 25.7 Å². The monoisotopic (exact) mass is 259 g/mol. The summed E-state index contributed by atoms with van der Waals surface area (Å²) in [5.74, 6) is 2.20. The van der Waals surface area contributed by atoms with E-state index in [0.717, 1.165) is 30.1 Å². The van der Waals surface area contributed by atoms with Gasteiger partial charge in [0.1, 0.15) is 17.1 Å². The van der Waals surface area contributed by atoms with Crippen LogP contribution >= 0.6 is 0 Å². The van der Waals surface area contributed by atoms with Crippen molar-refractivity contribution < 1.29 is 9.53 Å². The average molecular weight is 259 g/mol. The smallest absolute Gasteiger partial charge is 0.324 e. The second kappa shape index (κ2) is 4.57. The van der Waals surface area contributed by atoms with E-state index in [4.69, 9.17) is 10.5 Å². The van der Waals surface area contributed by atoms with Crippen LogP contribution in [0.25, 0.3) is 11.0 Å². The van der Waals surface area contributed by atoms with E-state index in [2.05, 4.69) is 4.98 Å². The van der Waals surface area contributed by atoms with Gasteiger partial charge in [0.05, 0.1) is 12.6 Å². The third-order valence-corrected chi connectivity index (χ3v) is 3.63. The molecule has 0 atom stereocenters. The molecule has 1 aromatic carbocycles. The zero-order valence-electron chi connectivity index (χ0n) is 10.9. The third-order valence-electron chi connectivity index (χ3n) is 3.63. The van der Waals surface area contributed by atoms with Gasteiger partial charge in [0.25, 0.3) is 0 Å². The molecule has 1 amide bonds. The Morgan fingerprint density at radius 3 is 2.95 bits per heavy atom. The van der Waals surface area contributed by atoms with E-state index in [9.17, 15) is 4.79 Å². The largest absolute Gasteiger partial charge is 0.494 e. The number of ether oxygens (including phenoxy) is 1. The Kier molecular flexibility index (Phi) is 2.89. The summed E-state index contributed by atoms with van der Waals surface area (Å²) in [6, 6.07) is 5.04. The van der Waals surface area contributed by atoms with Crippen LogP contribution < -0.4 is 10.5 Å². The molecule has 2 aromatic rings. The van der Waals surface area contributed by atoms with Gasteiger partial charge in [0, 0.05) is 6.42 Å². The normalized spacial score (nSPS) is 14.8. The molecular formula is C14H17N3O2. The van der Waals surface area contributed by atoms with Crippen LogP contribution in [0.4, 0.5) is 4.79 Å². The molecule has 1 heterocycles. The minimum absolute atomic E-state index is 0.485. The van der Waals surface area contributed by atoms with Gasteiger partial charge in [-0.05, 0) is 24.5 Å². The Morgan fingerprint density at radius 1 is 1.53 bits per heavy atom. The molecular weight excluding hydrogens is 242 g/mol. The predicted molar refractivity (Wildman–Crippen MR) is 72.3 cm³/mol. The standard InChI is InChI=1S/C14H17N3O2/c1-19-11-4-2-3-10-13(11)16-12(17(10)14(15)18)8-7-9-5-6-9/h2-4,9H,5-8H2,1H3,(H2,15,18). The van der Waals surface area contributed by atoms with Gasteiger partial charge in [-0.25, -0.2) is 14.3 Å². The fourth-order valence-electron chi connectivity index (χ4n) is 2.44. The van der Waals surface area contributed by atoms with Crippen LogP contribution in [0.5, 0.6) is 5.75 Å². The lowest BCUT2D eigenvalue weighted by Gasteiger charge is -2.04. The first-order chi connectivity index (χ1) is 9.20. The van der Waals surface area contributed by atoms with E-state index in [1.165, 1.54) is 17.4 Å². The molecule has 0 radical (unpaired) electrons. The number of carbonyl (C=O) groups excluding carboxylic acids is 1. The average Bonchev–Trinajstić information content (AvgIpc) is 3.14. The number of aromatic nitrogens is 2. The molecule has 1 fully saturated rings. The Hall–Kier alpha value is -2.04. The van der Waals surface area contributed by atoms with E-state index >= 15 is 0 Å². The molecule has 5 nitrogen and oxygen atoms in total. The summed E-state index contributed by atoms with van der Waals surface area (Å²) in [5.41, 5.74) is 6.91. The van der Waals surface area contributed by atoms with Crippen LogP contribution in [0, 0.1) is 5.92 Å².